The number of rotatable bonds is 9. The maximum atomic E-state index is 12.2. The van der Waals surface area contributed by atoms with Crippen LogP contribution in [0.3, 0.4) is 0 Å². The Labute approximate surface area is 179 Å². The highest BCUT2D eigenvalue weighted by atomic mass is 16.2. The lowest BCUT2D eigenvalue weighted by Crippen LogP contribution is -2.42. The molecule has 1 aliphatic rings. The Balaban J connectivity index is 1.80. The predicted octanol–water partition coefficient (Wildman–Crippen LogP) is 0.872. The maximum Gasteiger partial charge on any atom is 0.272 e. The van der Waals surface area contributed by atoms with Crippen LogP contribution in [0.5, 0.6) is 0 Å². The summed E-state index contributed by atoms with van der Waals surface area (Å²) in [5, 5.41) is 5.89. The van der Waals surface area contributed by atoms with Crippen molar-refractivity contribution in [2.75, 3.05) is 23.7 Å². The van der Waals surface area contributed by atoms with Crippen molar-refractivity contribution in [3.05, 3.63) is 35.9 Å². The second-order valence-electron chi connectivity index (χ2n) is 7.75. The van der Waals surface area contributed by atoms with Gasteiger partial charge in [0.1, 0.15) is 17.6 Å². The topological polar surface area (TPSA) is 169 Å². The smallest absolute Gasteiger partial charge is 0.272 e. The van der Waals surface area contributed by atoms with E-state index in [9.17, 15) is 14.4 Å². The van der Waals surface area contributed by atoms with Crippen LogP contribution in [-0.2, 0) is 4.79 Å². The molecule has 0 saturated carbocycles. The molecule has 3 rings (SSSR count). The lowest BCUT2D eigenvalue weighted by Gasteiger charge is -2.30. The highest BCUT2D eigenvalue weighted by Gasteiger charge is 2.23. The van der Waals surface area contributed by atoms with Gasteiger partial charge < -0.3 is 27.0 Å². The molecule has 0 aliphatic carbocycles. The Kier molecular flexibility index (Phi) is 6.63. The van der Waals surface area contributed by atoms with E-state index in [1.807, 2.05) is 13.8 Å². The molecule has 164 valence electrons. The number of pyridine rings is 1. The summed E-state index contributed by atoms with van der Waals surface area (Å²) >= 11 is 0. The third kappa shape index (κ3) is 5.44. The molecule has 0 unspecified atom stereocenters. The molecular formula is C20H26N8O3. The largest absolute Gasteiger partial charge is 0.368 e. The van der Waals surface area contributed by atoms with E-state index in [1.165, 1.54) is 12.4 Å². The monoisotopic (exact) mass is 426 g/mol. The molecular weight excluding hydrogens is 400 g/mol. The molecule has 1 aliphatic heterocycles. The van der Waals surface area contributed by atoms with Gasteiger partial charge in [0.25, 0.3) is 11.8 Å². The average molecular weight is 426 g/mol. The van der Waals surface area contributed by atoms with Gasteiger partial charge in [-0.3, -0.25) is 14.4 Å². The Morgan fingerprint density at radius 1 is 1.13 bits per heavy atom. The van der Waals surface area contributed by atoms with Crippen LogP contribution in [0.15, 0.2) is 24.5 Å². The fraction of sp³-hybridized carbons (Fsp3) is 0.400. The molecule has 1 saturated heterocycles. The standard InChI is InChI=1S/C20H26N8O3/c1-11(2)8-14(17(21)29)26-15-10-24-16(18(22)30)19(27-15)25-12-4-5-13(23-9-12)20(31)28-6-3-7-28/h4-5,9-11,14H,3,6-8H2,1-2H3,(H2,21,29)(H2,22,30)(H2,25,26,27)/t14-/m1/s1. The molecule has 0 radical (unpaired) electrons. The zero-order chi connectivity index (χ0) is 22.5. The van der Waals surface area contributed by atoms with Crippen molar-refractivity contribution in [1.29, 1.82) is 0 Å². The predicted molar refractivity (Wildman–Crippen MR) is 115 cm³/mol. The van der Waals surface area contributed by atoms with Crippen LogP contribution in [0.1, 0.15) is 47.7 Å². The number of primary amides is 2. The summed E-state index contributed by atoms with van der Waals surface area (Å²) in [4.78, 5) is 50.0. The second kappa shape index (κ2) is 9.37. The van der Waals surface area contributed by atoms with Gasteiger partial charge in [-0.25, -0.2) is 15.0 Å². The van der Waals surface area contributed by atoms with E-state index in [1.54, 1.807) is 17.0 Å². The minimum Gasteiger partial charge on any atom is -0.368 e. The Morgan fingerprint density at radius 3 is 2.39 bits per heavy atom. The number of carbonyl (C=O) groups is 3. The molecule has 3 amide bonds. The van der Waals surface area contributed by atoms with Gasteiger partial charge in [0, 0.05) is 13.1 Å². The zero-order valence-corrected chi connectivity index (χ0v) is 17.5. The van der Waals surface area contributed by atoms with Crippen LogP contribution in [0.25, 0.3) is 0 Å². The lowest BCUT2D eigenvalue weighted by molar-refractivity contribution is -0.119. The number of hydrogen-bond acceptors (Lipinski definition) is 8. The summed E-state index contributed by atoms with van der Waals surface area (Å²) in [6.07, 6.45) is 4.28. The van der Waals surface area contributed by atoms with Crippen molar-refractivity contribution < 1.29 is 14.4 Å². The number of nitrogens with two attached hydrogens (primary N) is 2. The van der Waals surface area contributed by atoms with E-state index < -0.39 is 17.9 Å². The van der Waals surface area contributed by atoms with Crippen molar-refractivity contribution >= 4 is 35.0 Å². The molecule has 1 atom stereocenters. The van der Waals surface area contributed by atoms with Gasteiger partial charge in [0.2, 0.25) is 5.91 Å². The second-order valence-corrected chi connectivity index (χ2v) is 7.75. The molecule has 2 aromatic heterocycles. The first-order valence-electron chi connectivity index (χ1n) is 9.99. The van der Waals surface area contributed by atoms with Gasteiger partial charge >= 0.3 is 0 Å². The van der Waals surface area contributed by atoms with Crippen LogP contribution in [0, 0.1) is 5.92 Å². The third-order valence-electron chi connectivity index (χ3n) is 4.77. The summed E-state index contributed by atoms with van der Waals surface area (Å²) in [7, 11) is 0. The number of likely N-dealkylation sites (tertiary alicyclic amines) is 1. The van der Waals surface area contributed by atoms with E-state index in [-0.39, 0.29) is 29.2 Å². The van der Waals surface area contributed by atoms with Crippen molar-refractivity contribution in [2.24, 2.45) is 17.4 Å². The minimum atomic E-state index is -0.771. The number of carbonyl (C=O) groups excluding carboxylic acids is 3. The first-order valence-corrected chi connectivity index (χ1v) is 9.99. The Bertz CT molecular complexity index is 973. The van der Waals surface area contributed by atoms with Crippen LogP contribution in [0.2, 0.25) is 0 Å². The summed E-state index contributed by atoms with van der Waals surface area (Å²) in [5.74, 6) is -0.833. The van der Waals surface area contributed by atoms with Crippen LogP contribution < -0.4 is 22.1 Å². The highest BCUT2D eigenvalue weighted by molar-refractivity contribution is 5.96. The fourth-order valence-electron chi connectivity index (χ4n) is 3.03. The Morgan fingerprint density at radius 2 is 1.87 bits per heavy atom. The molecule has 6 N–H and O–H groups in total. The van der Waals surface area contributed by atoms with Crippen molar-refractivity contribution in [2.45, 2.75) is 32.7 Å². The summed E-state index contributed by atoms with van der Waals surface area (Å²) in [6, 6.07) is 2.60. The van der Waals surface area contributed by atoms with E-state index in [4.69, 9.17) is 11.5 Å². The number of nitrogens with zero attached hydrogens (tertiary/aromatic N) is 4. The molecule has 0 bridgehead atoms. The van der Waals surface area contributed by atoms with Gasteiger partial charge in [-0.1, -0.05) is 13.8 Å². The fourth-order valence-corrected chi connectivity index (χ4v) is 3.03. The van der Waals surface area contributed by atoms with Gasteiger partial charge in [0.05, 0.1) is 18.1 Å². The molecule has 3 heterocycles. The minimum absolute atomic E-state index is 0.0780. The molecule has 0 spiro atoms. The molecule has 31 heavy (non-hydrogen) atoms. The van der Waals surface area contributed by atoms with E-state index in [0.717, 1.165) is 19.5 Å². The summed E-state index contributed by atoms with van der Waals surface area (Å²) in [5.41, 5.74) is 11.6. The summed E-state index contributed by atoms with van der Waals surface area (Å²) in [6.45, 7) is 5.41. The van der Waals surface area contributed by atoms with Gasteiger partial charge in [-0.2, -0.15) is 0 Å². The van der Waals surface area contributed by atoms with Crippen LogP contribution >= 0.6 is 0 Å². The molecule has 0 aromatic carbocycles. The molecule has 11 nitrogen and oxygen atoms in total. The first-order chi connectivity index (χ1) is 14.7. The maximum absolute atomic E-state index is 12.2. The number of nitrogens with one attached hydrogen (secondary N) is 2. The quantitative estimate of drug-likeness (QED) is 0.458. The first kappa shape index (κ1) is 21.9. The number of hydrogen-bond donors (Lipinski definition) is 4. The lowest BCUT2D eigenvalue weighted by atomic mass is 10.0. The van der Waals surface area contributed by atoms with E-state index in [2.05, 4.69) is 25.6 Å². The van der Waals surface area contributed by atoms with Crippen LogP contribution in [-0.4, -0.2) is 56.7 Å². The normalized spacial score (nSPS) is 14.0. The Hall–Kier alpha value is -3.76. The number of anilines is 3. The zero-order valence-electron chi connectivity index (χ0n) is 17.5. The third-order valence-corrected chi connectivity index (χ3v) is 4.77. The van der Waals surface area contributed by atoms with Crippen molar-refractivity contribution in [3.63, 3.8) is 0 Å². The van der Waals surface area contributed by atoms with Crippen molar-refractivity contribution in [1.82, 2.24) is 19.9 Å². The molecule has 2 aromatic rings. The summed E-state index contributed by atoms with van der Waals surface area (Å²) < 4.78 is 0. The average Bonchev–Trinajstić information content (AvgIpc) is 2.66. The van der Waals surface area contributed by atoms with E-state index in [0.29, 0.717) is 17.8 Å². The highest BCUT2D eigenvalue weighted by Crippen LogP contribution is 2.21. The molecule has 11 heteroatoms. The van der Waals surface area contributed by atoms with Gasteiger partial charge in [0.15, 0.2) is 11.5 Å². The van der Waals surface area contributed by atoms with Crippen LogP contribution in [0.4, 0.5) is 17.3 Å². The van der Waals surface area contributed by atoms with Gasteiger partial charge in [-0.15, -0.1) is 0 Å². The molecule has 1 fully saturated rings. The van der Waals surface area contributed by atoms with Crippen molar-refractivity contribution in [3.8, 4) is 0 Å². The van der Waals surface area contributed by atoms with Gasteiger partial charge in [-0.05, 0) is 30.9 Å². The number of amides is 3. The SMILES string of the molecule is CC(C)C[C@@H](Nc1cnc(C(N)=O)c(Nc2ccc(C(=O)N3CCC3)nc2)n1)C(N)=O. The number of aromatic nitrogens is 3. The van der Waals surface area contributed by atoms with E-state index >= 15 is 0 Å².